The van der Waals surface area contributed by atoms with Crippen molar-refractivity contribution in [1.29, 1.82) is 0 Å². The van der Waals surface area contributed by atoms with E-state index in [1.54, 1.807) is 0 Å². The van der Waals surface area contributed by atoms with Gasteiger partial charge in [0, 0.05) is 30.2 Å². The number of hydrogen-bond donors (Lipinski definition) is 1. The minimum absolute atomic E-state index is 0.0588. The van der Waals surface area contributed by atoms with E-state index in [9.17, 15) is 4.79 Å². The fourth-order valence-corrected chi connectivity index (χ4v) is 4.71. The van der Waals surface area contributed by atoms with Crippen LogP contribution in [0.15, 0.2) is 28.7 Å². The third-order valence-electron chi connectivity index (χ3n) is 6.38. The van der Waals surface area contributed by atoms with E-state index >= 15 is 0 Å². The lowest BCUT2D eigenvalue weighted by molar-refractivity contribution is -0.126. The topological polar surface area (TPSA) is 61.6 Å². The van der Waals surface area contributed by atoms with Crippen LogP contribution < -0.4 is 5.32 Å². The average molecular weight is 445 g/mol. The van der Waals surface area contributed by atoms with Gasteiger partial charge in [-0.15, -0.1) is 0 Å². The third kappa shape index (κ3) is 6.09. The minimum atomic E-state index is 0.0588. The van der Waals surface area contributed by atoms with Gasteiger partial charge in [0.05, 0.1) is 11.6 Å². The Morgan fingerprint density at radius 3 is 2.68 bits per heavy atom. The van der Waals surface area contributed by atoms with E-state index in [1.807, 2.05) is 31.2 Å². The van der Waals surface area contributed by atoms with Crippen molar-refractivity contribution >= 4 is 17.5 Å². The highest BCUT2D eigenvalue weighted by Gasteiger charge is 2.27. The number of oxazole rings is 1. The fourth-order valence-electron chi connectivity index (χ4n) is 4.58. The fraction of sp³-hybridized carbons (Fsp3) is 0.583. The van der Waals surface area contributed by atoms with Crippen LogP contribution in [0.3, 0.4) is 0 Å². The first-order chi connectivity index (χ1) is 15.1. The van der Waals surface area contributed by atoms with E-state index in [-0.39, 0.29) is 11.8 Å². The number of rotatable bonds is 8. The highest BCUT2D eigenvalue weighted by atomic mass is 35.5. The summed E-state index contributed by atoms with van der Waals surface area (Å²) in [4.78, 5) is 22.2. The second-order valence-corrected chi connectivity index (χ2v) is 9.23. The maximum absolute atomic E-state index is 12.7. The second kappa shape index (κ2) is 10.6. The van der Waals surface area contributed by atoms with E-state index in [0.717, 1.165) is 62.5 Å². The molecule has 0 saturated carbocycles. The average Bonchev–Trinajstić information content (AvgIpc) is 3.42. The Morgan fingerprint density at radius 2 is 1.90 bits per heavy atom. The lowest BCUT2D eigenvalue weighted by Gasteiger charge is -2.31. The Morgan fingerprint density at radius 1 is 1.16 bits per heavy atom. The highest BCUT2D eigenvalue weighted by Crippen LogP contribution is 2.25. The molecule has 2 saturated heterocycles. The number of hydrogen-bond acceptors (Lipinski definition) is 5. The van der Waals surface area contributed by atoms with Crippen molar-refractivity contribution in [2.45, 2.75) is 45.6 Å². The summed E-state index contributed by atoms with van der Waals surface area (Å²) >= 11 is 5.98. The molecule has 1 atom stereocenters. The minimum Gasteiger partial charge on any atom is -0.441 e. The predicted molar refractivity (Wildman–Crippen MR) is 123 cm³/mol. The molecule has 0 bridgehead atoms. The molecule has 0 aliphatic carbocycles. The number of carbonyl (C=O) groups excluding carboxylic acids is 1. The van der Waals surface area contributed by atoms with Gasteiger partial charge in [0.25, 0.3) is 0 Å². The second-order valence-electron chi connectivity index (χ2n) is 8.80. The Balaban J connectivity index is 1.26. The molecule has 3 heterocycles. The van der Waals surface area contributed by atoms with Gasteiger partial charge in [-0.25, -0.2) is 4.98 Å². The molecule has 168 valence electrons. The number of aryl methyl sites for hydroxylation is 1. The summed E-state index contributed by atoms with van der Waals surface area (Å²) in [5.41, 5.74) is 1.86. The lowest BCUT2D eigenvalue weighted by atomic mass is 9.97. The van der Waals surface area contributed by atoms with Gasteiger partial charge in [-0.3, -0.25) is 9.69 Å². The number of nitrogens with zero attached hydrogens (tertiary/aromatic N) is 3. The summed E-state index contributed by atoms with van der Waals surface area (Å²) in [6.45, 7) is 8.73. The molecular formula is C24H33ClN4O2. The van der Waals surface area contributed by atoms with Crippen molar-refractivity contribution in [1.82, 2.24) is 20.1 Å². The SMILES string of the molecule is Cc1oc(-c2ccc(Cl)cc2)nc1CN1CCCC(C(=O)NCCCN2CCCC2)C1. The zero-order valence-corrected chi connectivity index (χ0v) is 19.2. The van der Waals surface area contributed by atoms with Gasteiger partial charge in [-0.05, 0) is 89.5 Å². The zero-order chi connectivity index (χ0) is 21.6. The van der Waals surface area contributed by atoms with Crippen LogP contribution in [0.25, 0.3) is 11.5 Å². The van der Waals surface area contributed by atoms with E-state index in [1.165, 1.54) is 25.9 Å². The Bertz CT molecular complexity index is 861. The number of likely N-dealkylation sites (tertiary alicyclic amines) is 2. The van der Waals surface area contributed by atoms with Crippen LogP contribution in [0, 0.1) is 12.8 Å². The standard InChI is InChI=1S/C24H33ClN4O2/c1-18-22(27-24(31-18)19-7-9-21(25)10-8-19)17-29-14-4-6-20(16-29)23(30)26-11-5-15-28-12-2-3-13-28/h7-10,20H,2-6,11-17H2,1H3,(H,26,30). The van der Waals surface area contributed by atoms with Gasteiger partial charge < -0.3 is 14.6 Å². The Kier molecular flexibility index (Phi) is 7.64. The Hall–Kier alpha value is -1.89. The molecule has 2 fully saturated rings. The first kappa shape index (κ1) is 22.3. The first-order valence-electron chi connectivity index (χ1n) is 11.5. The van der Waals surface area contributed by atoms with Gasteiger partial charge in [0.2, 0.25) is 11.8 Å². The van der Waals surface area contributed by atoms with E-state index in [4.69, 9.17) is 21.0 Å². The summed E-state index contributed by atoms with van der Waals surface area (Å²) in [6, 6.07) is 7.52. The van der Waals surface area contributed by atoms with Crippen LogP contribution in [-0.2, 0) is 11.3 Å². The highest BCUT2D eigenvalue weighted by molar-refractivity contribution is 6.30. The zero-order valence-electron chi connectivity index (χ0n) is 18.4. The molecular weight excluding hydrogens is 412 g/mol. The van der Waals surface area contributed by atoms with Crippen LogP contribution >= 0.6 is 11.6 Å². The monoisotopic (exact) mass is 444 g/mol. The predicted octanol–water partition coefficient (Wildman–Crippen LogP) is 4.12. The molecule has 31 heavy (non-hydrogen) atoms. The van der Waals surface area contributed by atoms with Crippen molar-refractivity contribution in [3.8, 4) is 11.5 Å². The number of aromatic nitrogens is 1. The molecule has 1 aromatic heterocycles. The van der Waals surface area contributed by atoms with Gasteiger partial charge >= 0.3 is 0 Å². The molecule has 7 heteroatoms. The molecule has 0 radical (unpaired) electrons. The smallest absolute Gasteiger partial charge is 0.226 e. The number of nitrogens with one attached hydrogen (secondary N) is 1. The van der Waals surface area contributed by atoms with Crippen LogP contribution in [-0.4, -0.2) is 60.0 Å². The molecule has 2 aliphatic heterocycles. The van der Waals surface area contributed by atoms with Crippen LogP contribution in [0.4, 0.5) is 0 Å². The van der Waals surface area contributed by atoms with Gasteiger partial charge in [-0.1, -0.05) is 11.6 Å². The molecule has 1 N–H and O–H groups in total. The summed E-state index contributed by atoms with van der Waals surface area (Å²) in [5, 5.41) is 3.86. The molecule has 1 amide bonds. The summed E-state index contributed by atoms with van der Waals surface area (Å²) in [7, 11) is 0. The molecule has 4 rings (SSSR count). The molecule has 1 aromatic carbocycles. The summed E-state index contributed by atoms with van der Waals surface area (Å²) in [5.74, 6) is 1.71. The van der Waals surface area contributed by atoms with Gasteiger partial charge in [0.15, 0.2) is 0 Å². The van der Waals surface area contributed by atoms with Gasteiger partial charge in [-0.2, -0.15) is 0 Å². The quantitative estimate of drug-likeness (QED) is 0.620. The van der Waals surface area contributed by atoms with E-state index in [2.05, 4.69) is 15.1 Å². The molecule has 2 aromatic rings. The van der Waals surface area contributed by atoms with Crippen molar-refractivity contribution in [2.24, 2.45) is 5.92 Å². The number of carbonyl (C=O) groups is 1. The van der Waals surface area contributed by atoms with Crippen molar-refractivity contribution in [2.75, 3.05) is 39.3 Å². The van der Waals surface area contributed by atoms with Crippen molar-refractivity contribution in [3.63, 3.8) is 0 Å². The molecule has 1 unspecified atom stereocenters. The lowest BCUT2D eigenvalue weighted by Crippen LogP contribution is -2.43. The van der Waals surface area contributed by atoms with Crippen LogP contribution in [0.2, 0.25) is 5.02 Å². The molecule has 2 aliphatic rings. The maximum atomic E-state index is 12.7. The maximum Gasteiger partial charge on any atom is 0.226 e. The summed E-state index contributed by atoms with van der Waals surface area (Å²) < 4.78 is 5.90. The van der Waals surface area contributed by atoms with Crippen LogP contribution in [0.5, 0.6) is 0 Å². The number of piperidine rings is 1. The number of benzene rings is 1. The Labute approximate surface area is 189 Å². The normalized spacial score (nSPS) is 20.3. The van der Waals surface area contributed by atoms with E-state index in [0.29, 0.717) is 17.5 Å². The largest absolute Gasteiger partial charge is 0.441 e. The van der Waals surface area contributed by atoms with E-state index < -0.39 is 0 Å². The van der Waals surface area contributed by atoms with Crippen molar-refractivity contribution in [3.05, 3.63) is 40.7 Å². The van der Waals surface area contributed by atoms with Crippen LogP contribution in [0.1, 0.15) is 43.6 Å². The third-order valence-corrected chi connectivity index (χ3v) is 6.63. The molecule has 0 spiro atoms. The number of amides is 1. The number of halogens is 1. The van der Waals surface area contributed by atoms with Crippen molar-refractivity contribution < 1.29 is 9.21 Å². The first-order valence-corrected chi connectivity index (χ1v) is 11.9. The summed E-state index contributed by atoms with van der Waals surface area (Å²) in [6.07, 6.45) is 5.66. The van der Waals surface area contributed by atoms with Gasteiger partial charge in [0.1, 0.15) is 5.76 Å². The molecule has 6 nitrogen and oxygen atoms in total.